The minimum Gasteiger partial charge on any atom is -0.492 e. The van der Waals surface area contributed by atoms with Gasteiger partial charge in [-0.2, -0.15) is 0 Å². The van der Waals surface area contributed by atoms with Gasteiger partial charge in [-0.15, -0.1) is 0 Å². The molecule has 2 rings (SSSR count). The summed E-state index contributed by atoms with van der Waals surface area (Å²) in [6, 6.07) is 11.1. The van der Waals surface area contributed by atoms with E-state index in [0.717, 1.165) is 5.75 Å². The molecule has 0 spiro atoms. The van der Waals surface area contributed by atoms with E-state index in [4.69, 9.17) is 10.5 Å². The summed E-state index contributed by atoms with van der Waals surface area (Å²) in [4.78, 5) is 11.8. The highest BCUT2D eigenvalue weighted by molar-refractivity contribution is 9.10. The normalized spacial score (nSPS) is 10.3. The number of ether oxygens (including phenoxy) is 1. The lowest BCUT2D eigenvalue weighted by atomic mass is 10.3. The third-order valence-corrected chi connectivity index (χ3v) is 2.98. The highest BCUT2D eigenvalue weighted by Crippen LogP contribution is 2.10. The summed E-state index contributed by atoms with van der Waals surface area (Å²) >= 11 is 3.18. The predicted octanol–water partition coefficient (Wildman–Crippen LogP) is 2.27. The molecular formula is C13H13BrN2O2. The van der Waals surface area contributed by atoms with Gasteiger partial charge in [0.05, 0.1) is 11.0 Å². The van der Waals surface area contributed by atoms with E-state index in [9.17, 15) is 4.79 Å². The van der Waals surface area contributed by atoms with Gasteiger partial charge in [0, 0.05) is 11.9 Å². The molecular weight excluding hydrogens is 296 g/mol. The van der Waals surface area contributed by atoms with Crippen molar-refractivity contribution in [3.63, 3.8) is 0 Å². The van der Waals surface area contributed by atoms with Gasteiger partial charge in [-0.3, -0.25) is 4.79 Å². The van der Waals surface area contributed by atoms with Gasteiger partial charge in [-0.1, -0.05) is 18.2 Å². The summed E-state index contributed by atoms with van der Waals surface area (Å²) in [6.45, 7) is 0.872. The Balaban J connectivity index is 2.01. The molecule has 0 fully saturated rings. The zero-order valence-electron chi connectivity index (χ0n) is 9.67. The molecule has 18 heavy (non-hydrogen) atoms. The lowest BCUT2D eigenvalue weighted by molar-refractivity contribution is 0.296. The lowest BCUT2D eigenvalue weighted by Crippen LogP contribution is -2.23. The van der Waals surface area contributed by atoms with Crippen molar-refractivity contribution >= 4 is 21.6 Å². The van der Waals surface area contributed by atoms with Crippen LogP contribution in [0.5, 0.6) is 5.75 Å². The third-order valence-electron chi connectivity index (χ3n) is 2.41. The van der Waals surface area contributed by atoms with Gasteiger partial charge in [-0.25, -0.2) is 0 Å². The van der Waals surface area contributed by atoms with Crippen LogP contribution in [0.2, 0.25) is 0 Å². The van der Waals surface area contributed by atoms with Crippen molar-refractivity contribution in [3.05, 3.63) is 57.4 Å². The van der Waals surface area contributed by atoms with Crippen LogP contribution in [0.15, 0.2) is 51.9 Å². The fourth-order valence-electron chi connectivity index (χ4n) is 1.57. The Labute approximate surface area is 113 Å². The number of hydrogen-bond acceptors (Lipinski definition) is 3. The van der Waals surface area contributed by atoms with E-state index in [0.29, 0.717) is 23.3 Å². The summed E-state index contributed by atoms with van der Waals surface area (Å²) in [5.41, 5.74) is 6.11. The van der Waals surface area contributed by atoms with Gasteiger partial charge < -0.3 is 15.0 Å². The average Bonchev–Trinajstić information content (AvgIpc) is 2.36. The summed E-state index contributed by atoms with van der Waals surface area (Å²) in [5, 5.41) is 0. The maximum absolute atomic E-state index is 11.8. The molecule has 0 aliphatic rings. The number of nitrogen functional groups attached to an aromatic ring is 1. The van der Waals surface area contributed by atoms with Crippen molar-refractivity contribution in [3.8, 4) is 5.75 Å². The topological polar surface area (TPSA) is 57.2 Å². The van der Waals surface area contributed by atoms with E-state index in [1.54, 1.807) is 12.3 Å². The number of hydrogen-bond donors (Lipinski definition) is 1. The second-order valence-corrected chi connectivity index (χ2v) is 4.64. The first-order valence-corrected chi connectivity index (χ1v) is 6.29. The minimum atomic E-state index is -0.110. The van der Waals surface area contributed by atoms with E-state index in [-0.39, 0.29) is 5.56 Å². The molecule has 0 saturated carbocycles. The van der Waals surface area contributed by atoms with Crippen LogP contribution in [0.3, 0.4) is 0 Å². The van der Waals surface area contributed by atoms with Crippen LogP contribution in [-0.2, 0) is 6.54 Å². The fourth-order valence-corrected chi connectivity index (χ4v) is 2.06. The van der Waals surface area contributed by atoms with Gasteiger partial charge >= 0.3 is 0 Å². The quantitative estimate of drug-likeness (QED) is 0.942. The fraction of sp³-hybridized carbons (Fsp3) is 0.154. The first-order valence-electron chi connectivity index (χ1n) is 5.50. The zero-order chi connectivity index (χ0) is 13.0. The summed E-state index contributed by atoms with van der Waals surface area (Å²) in [5.74, 6) is 0.786. The molecule has 2 N–H and O–H groups in total. The SMILES string of the molecule is Nc1cc(Br)c(=O)n(CCOc2ccccc2)c1. The molecule has 5 heteroatoms. The van der Waals surface area contributed by atoms with Gasteiger partial charge in [0.15, 0.2) is 0 Å². The molecule has 0 aliphatic heterocycles. The Morgan fingerprint density at radius 3 is 2.72 bits per heavy atom. The van der Waals surface area contributed by atoms with Crippen LogP contribution < -0.4 is 16.0 Å². The predicted molar refractivity (Wildman–Crippen MR) is 74.8 cm³/mol. The van der Waals surface area contributed by atoms with E-state index in [1.165, 1.54) is 4.57 Å². The zero-order valence-corrected chi connectivity index (χ0v) is 11.3. The van der Waals surface area contributed by atoms with E-state index >= 15 is 0 Å². The molecule has 0 atom stereocenters. The molecule has 0 amide bonds. The Morgan fingerprint density at radius 2 is 2.00 bits per heavy atom. The molecule has 0 unspecified atom stereocenters. The number of aromatic nitrogens is 1. The Kier molecular flexibility index (Phi) is 4.04. The van der Waals surface area contributed by atoms with Crippen LogP contribution in [0.1, 0.15) is 0 Å². The first-order chi connectivity index (χ1) is 8.66. The van der Waals surface area contributed by atoms with Gasteiger partial charge in [0.25, 0.3) is 5.56 Å². The molecule has 1 aromatic carbocycles. The number of anilines is 1. The number of halogens is 1. The number of pyridine rings is 1. The summed E-state index contributed by atoms with van der Waals surface area (Å²) in [6.07, 6.45) is 1.61. The molecule has 4 nitrogen and oxygen atoms in total. The van der Waals surface area contributed by atoms with E-state index in [2.05, 4.69) is 15.9 Å². The number of nitrogens with zero attached hydrogens (tertiary/aromatic N) is 1. The minimum absolute atomic E-state index is 0.110. The van der Waals surface area contributed by atoms with Crippen molar-refractivity contribution < 1.29 is 4.74 Å². The van der Waals surface area contributed by atoms with Crippen LogP contribution in [0.4, 0.5) is 5.69 Å². The van der Waals surface area contributed by atoms with Crippen LogP contribution in [0.25, 0.3) is 0 Å². The summed E-state index contributed by atoms with van der Waals surface area (Å²) < 4.78 is 7.52. The Bertz CT molecular complexity index is 581. The maximum Gasteiger partial charge on any atom is 0.265 e. The van der Waals surface area contributed by atoms with Crippen LogP contribution >= 0.6 is 15.9 Å². The van der Waals surface area contributed by atoms with Crippen molar-refractivity contribution in [2.45, 2.75) is 6.54 Å². The second-order valence-electron chi connectivity index (χ2n) is 3.78. The van der Waals surface area contributed by atoms with Gasteiger partial charge in [0.1, 0.15) is 12.4 Å². The molecule has 2 aromatic rings. The highest BCUT2D eigenvalue weighted by atomic mass is 79.9. The second kappa shape index (κ2) is 5.73. The number of para-hydroxylation sites is 1. The molecule has 0 saturated heterocycles. The van der Waals surface area contributed by atoms with Crippen LogP contribution in [0, 0.1) is 0 Å². The largest absolute Gasteiger partial charge is 0.492 e. The number of nitrogens with two attached hydrogens (primary N) is 1. The number of rotatable bonds is 4. The van der Waals surface area contributed by atoms with E-state index < -0.39 is 0 Å². The standard InChI is InChI=1S/C13H13BrN2O2/c14-12-8-10(15)9-16(13(12)17)6-7-18-11-4-2-1-3-5-11/h1-5,8-9H,6-7,15H2. The van der Waals surface area contributed by atoms with Gasteiger partial charge in [0.2, 0.25) is 0 Å². The van der Waals surface area contributed by atoms with Crippen LogP contribution in [-0.4, -0.2) is 11.2 Å². The molecule has 0 radical (unpaired) electrons. The lowest BCUT2D eigenvalue weighted by Gasteiger charge is -2.09. The van der Waals surface area contributed by atoms with Crippen molar-refractivity contribution in [2.24, 2.45) is 0 Å². The first kappa shape index (κ1) is 12.7. The van der Waals surface area contributed by atoms with E-state index in [1.807, 2.05) is 30.3 Å². The summed E-state index contributed by atoms with van der Waals surface area (Å²) in [7, 11) is 0. The Hall–Kier alpha value is -1.75. The number of benzene rings is 1. The van der Waals surface area contributed by atoms with Gasteiger partial charge in [-0.05, 0) is 34.1 Å². The highest BCUT2D eigenvalue weighted by Gasteiger charge is 2.02. The maximum atomic E-state index is 11.8. The molecule has 0 aliphatic carbocycles. The van der Waals surface area contributed by atoms with Crippen molar-refractivity contribution in [1.82, 2.24) is 4.57 Å². The molecule has 1 aromatic heterocycles. The van der Waals surface area contributed by atoms with Crippen molar-refractivity contribution in [2.75, 3.05) is 12.3 Å². The monoisotopic (exact) mass is 308 g/mol. The molecule has 0 bridgehead atoms. The molecule has 1 heterocycles. The van der Waals surface area contributed by atoms with Crippen molar-refractivity contribution in [1.29, 1.82) is 0 Å². The Morgan fingerprint density at radius 1 is 1.28 bits per heavy atom. The average molecular weight is 309 g/mol. The smallest absolute Gasteiger partial charge is 0.265 e. The third kappa shape index (κ3) is 3.13. The molecule has 94 valence electrons.